The summed E-state index contributed by atoms with van der Waals surface area (Å²) < 4.78 is 5.65. The summed E-state index contributed by atoms with van der Waals surface area (Å²) in [4.78, 5) is 11.8. The molecule has 1 aliphatic rings. The minimum atomic E-state index is -0.115. The highest BCUT2D eigenvalue weighted by atomic mass is 16.5. The summed E-state index contributed by atoms with van der Waals surface area (Å²) in [5.41, 5.74) is 3.79. The van der Waals surface area contributed by atoms with Crippen LogP contribution in [-0.2, 0) is 16.0 Å². The molecule has 0 saturated heterocycles. The standard InChI is InChI=1S/C17H22O2/c1-4-16(19-17(18)12(2)3)15-11-7-9-13-8-5-6-10-14(13)15/h5-6,8,10-12,16H,4,7,9H2,1-3H3/t16-/m1/s1. The molecule has 2 nitrogen and oxygen atoms in total. The molecule has 0 radical (unpaired) electrons. The Morgan fingerprint density at radius 1 is 1.32 bits per heavy atom. The zero-order valence-electron chi connectivity index (χ0n) is 12.0. The molecule has 0 saturated carbocycles. The molecule has 0 N–H and O–H groups in total. The first-order valence-corrected chi connectivity index (χ1v) is 7.12. The highest BCUT2D eigenvalue weighted by Gasteiger charge is 2.23. The van der Waals surface area contributed by atoms with E-state index in [9.17, 15) is 4.79 Å². The summed E-state index contributed by atoms with van der Waals surface area (Å²) in [6, 6.07) is 8.42. The van der Waals surface area contributed by atoms with Crippen molar-refractivity contribution < 1.29 is 9.53 Å². The number of esters is 1. The van der Waals surface area contributed by atoms with E-state index in [0.717, 1.165) is 19.3 Å². The van der Waals surface area contributed by atoms with Gasteiger partial charge in [-0.15, -0.1) is 0 Å². The van der Waals surface area contributed by atoms with Gasteiger partial charge in [0.15, 0.2) is 0 Å². The molecule has 1 aliphatic carbocycles. The first-order chi connectivity index (χ1) is 9.13. The molecule has 0 bridgehead atoms. The lowest BCUT2D eigenvalue weighted by molar-refractivity contribution is -0.150. The normalized spacial score (nSPS) is 15.7. The van der Waals surface area contributed by atoms with Crippen molar-refractivity contribution in [3.05, 3.63) is 41.5 Å². The van der Waals surface area contributed by atoms with Gasteiger partial charge in [-0.05, 0) is 36.0 Å². The van der Waals surface area contributed by atoms with Gasteiger partial charge in [-0.25, -0.2) is 0 Å². The van der Waals surface area contributed by atoms with E-state index >= 15 is 0 Å². The van der Waals surface area contributed by atoms with Crippen LogP contribution in [0.15, 0.2) is 30.3 Å². The average molecular weight is 258 g/mol. The Morgan fingerprint density at radius 3 is 2.74 bits per heavy atom. The lowest BCUT2D eigenvalue weighted by Gasteiger charge is -2.25. The lowest BCUT2D eigenvalue weighted by atomic mass is 9.87. The van der Waals surface area contributed by atoms with Crippen molar-refractivity contribution in [1.29, 1.82) is 0 Å². The maximum atomic E-state index is 11.8. The summed E-state index contributed by atoms with van der Waals surface area (Å²) in [5.74, 6) is -0.190. The van der Waals surface area contributed by atoms with Crippen LogP contribution < -0.4 is 0 Å². The van der Waals surface area contributed by atoms with E-state index in [1.807, 2.05) is 13.8 Å². The molecule has 2 rings (SSSR count). The molecule has 0 spiro atoms. The maximum absolute atomic E-state index is 11.8. The summed E-state index contributed by atoms with van der Waals surface area (Å²) >= 11 is 0. The quantitative estimate of drug-likeness (QED) is 0.763. The van der Waals surface area contributed by atoms with Crippen LogP contribution in [0.3, 0.4) is 0 Å². The van der Waals surface area contributed by atoms with Crippen molar-refractivity contribution in [3.63, 3.8) is 0 Å². The third-order valence-electron chi connectivity index (χ3n) is 3.55. The first-order valence-electron chi connectivity index (χ1n) is 7.12. The van der Waals surface area contributed by atoms with Crippen LogP contribution >= 0.6 is 0 Å². The Balaban J connectivity index is 2.24. The Kier molecular flexibility index (Phi) is 4.41. The smallest absolute Gasteiger partial charge is 0.308 e. The van der Waals surface area contributed by atoms with Gasteiger partial charge in [0.2, 0.25) is 0 Å². The van der Waals surface area contributed by atoms with Crippen molar-refractivity contribution in [3.8, 4) is 0 Å². The molecule has 0 amide bonds. The number of benzene rings is 1. The van der Waals surface area contributed by atoms with Crippen molar-refractivity contribution in [1.82, 2.24) is 0 Å². The minimum absolute atomic E-state index is 0.0755. The van der Waals surface area contributed by atoms with Crippen molar-refractivity contribution in [2.24, 2.45) is 5.92 Å². The number of fused-ring (bicyclic) bond motifs is 1. The van der Waals surface area contributed by atoms with Gasteiger partial charge in [0, 0.05) is 0 Å². The molecular weight excluding hydrogens is 236 g/mol. The summed E-state index contributed by atoms with van der Waals surface area (Å²) in [6.07, 6.45) is 5.04. The molecule has 0 fully saturated rings. The fourth-order valence-corrected chi connectivity index (χ4v) is 2.46. The topological polar surface area (TPSA) is 26.3 Å². The number of ether oxygens (including phenoxy) is 1. The lowest BCUT2D eigenvalue weighted by Crippen LogP contribution is -2.23. The van der Waals surface area contributed by atoms with Crippen LogP contribution in [0.5, 0.6) is 0 Å². The maximum Gasteiger partial charge on any atom is 0.308 e. The van der Waals surface area contributed by atoms with E-state index in [1.54, 1.807) is 0 Å². The number of allylic oxidation sites excluding steroid dienone is 1. The van der Waals surface area contributed by atoms with E-state index in [-0.39, 0.29) is 18.0 Å². The second kappa shape index (κ2) is 6.05. The molecule has 0 heterocycles. The number of carbonyl (C=O) groups excluding carboxylic acids is 1. The number of carbonyl (C=O) groups is 1. The van der Waals surface area contributed by atoms with Crippen LogP contribution in [0.1, 0.15) is 44.7 Å². The van der Waals surface area contributed by atoms with E-state index in [1.165, 1.54) is 16.7 Å². The van der Waals surface area contributed by atoms with Crippen LogP contribution in [0.25, 0.3) is 5.57 Å². The predicted molar refractivity (Wildman–Crippen MR) is 77.7 cm³/mol. The molecule has 0 aromatic heterocycles. The monoisotopic (exact) mass is 258 g/mol. The average Bonchev–Trinajstić information content (AvgIpc) is 2.44. The molecule has 0 unspecified atom stereocenters. The SMILES string of the molecule is CC[C@@H](OC(=O)C(C)C)C1=CCCc2ccccc21. The Labute approximate surface area is 115 Å². The fourth-order valence-electron chi connectivity index (χ4n) is 2.46. The predicted octanol–water partition coefficient (Wildman–Crippen LogP) is 3.99. The third kappa shape index (κ3) is 3.06. The second-order valence-electron chi connectivity index (χ2n) is 5.34. The zero-order chi connectivity index (χ0) is 13.8. The Hall–Kier alpha value is -1.57. The van der Waals surface area contributed by atoms with E-state index < -0.39 is 0 Å². The van der Waals surface area contributed by atoms with Gasteiger partial charge in [-0.1, -0.05) is 51.1 Å². The van der Waals surface area contributed by atoms with Crippen LogP contribution in [0.2, 0.25) is 0 Å². The summed E-state index contributed by atoms with van der Waals surface area (Å²) in [7, 11) is 0. The van der Waals surface area contributed by atoms with E-state index in [2.05, 4.69) is 37.3 Å². The molecule has 1 aromatic rings. The fraction of sp³-hybridized carbons (Fsp3) is 0.471. The zero-order valence-corrected chi connectivity index (χ0v) is 12.0. The van der Waals surface area contributed by atoms with E-state index in [0.29, 0.717) is 0 Å². The van der Waals surface area contributed by atoms with Crippen molar-refractivity contribution in [2.45, 2.75) is 46.1 Å². The van der Waals surface area contributed by atoms with Crippen LogP contribution in [0, 0.1) is 5.92 Å². The Morgan fingerprint density at radius 2 is 2.05 bits per heavy atom. The van der Waals surface area contributed by atoms with Crippen LogP contribution in [0.4, 0.5) is 0 Å². The molecule has 0 aliphatic heterocycles. The molecular formula is C17H22O2. The molecule has 102 valence electrons. The van der Waals surface area contributed by atoms with Crippen molar-refractivity contribution >= 4 is 11.5 Å². The highest BCUT2D eigenvalue weighted by Crippen LogP contribution is 2.31. The van der Waals surface area contributed by atoms with Gasteiger partial charge >= 0.3 is 5.97 Å². The van der Waals surface area contributed by atoms with Gasteiger partial charge in [-0.2, -0.15) is 0 Å². The van der Waals surface area contributed by atoms with Gasteiger partial charge in [0.1, 0.15) is 6.10 Å². The third-order valence-corrected chi connectivity index (χ3v) is 3.55. The van der Waals surface area contributed by atoms with Gasteiger partial charge < -0.3 is 4.74 Å². The van der Waals surface area contributed by atoms with Gasteiger partial charge in [-0.3, -0.25) is 4.79 Å². The van der Waals surface area contributed by atoms with Gasteiger partial charge in [0.25, 0.3) is 0 Å². The van der Waals surface area contributed by atoms with Crippen molar-refractivity contribution in [2.75, 3.05) is 0 Å². The first kappa shape index (κ1) is 13.9. The molecule has 1 aromatic carbocycles. The molecule has 1 atom stereocenters. The number of rotatable bonds is 4. The largest absolute Gasteiger partial charge is 0.457 e. The van der Waals surface area contributed by atoms with Gasteiger partial charge in [0.05, 0.1) is 5.92 Å². The minimum Gasteiger partial charge on any atom is -0.457 e. The molecule has 2 heteroatoms. The van der Waals surface area contributed by atoms with E-state index in [4.69, 9.17) is 4.74 Å². The second-order valence-corrected chi connectivity index (χ2v) is 5.34. The number of aryl methyl sites for hydroxylation is 1. The summed E-state index contributed by atoms with van der Waals surface area (Å²) in [5, 5.41) is 0. The number of hydrogen-bond donors (Lipinski definition) is 0. The van der Waals surface area contributed by atoms with Crippen LogP contribution in [-0.4, -0.2) is 12.1 Å². The number of hydrogen-bond acceptors (Lipinski definition) is 2. The highest BCUT2D eigenvalue weighted by molar-refractivity contribution is 5.77. The Bertz CT molecular complexity index is 486. The summed E-state index contributed by atoms with van der Waals surface area (Å²) in [6.45, 7) is 5.81. The molecule has 19 heavy (non-hydrogen) atoms.